The van der Waals surface area contributed by atoms with E-state index in [1.54, 1.807) is 17.4 Å². The van der Waals surface area contributed by atoms with Gasteiger partial charge in [-0.15, -0.1) is 11.3 Å². The first-order valence-corrected chi connectivity index (χ1v) is 10.2. The van der Waals surface area contributed by atoms with Gasteiger partial charge in [-0.1, -0.05) is 29.8 Å². The second-order valence-electron chi connectivity index (χ2n) is 7.03. The molecule has 1 unspecified atom stereocenters. The summed E-state index contributed by atoms with van der Waals surface area (Å²) < 4.78 is 22.4. The predicted octanol–water partition coefficient (Wildman–Crippen LogP) is 5.38. The highest BCUT2D eigenvalue weighted by molar-refractivity contribution is 7.07. The largest absolute Gasteiger partial charge is 0.376 e. The van der Waals surface area contributed by atoms with Crippen LogP contribution in [0.25, 0.3) is 11.3 Å². The van der Waals surface area contributed by atoms with Crippen LogP contribution in [0, 0.1) is 19.7 Å². The summed E-state index contributed by atoms with van der Waals surface area (Å²) in [7, 11) is 0. The summed E-state index contributed by atoms with van der Waals surface area (Å²) >= 11 is 1.54. The first-order chi connectivity index (χ1) is 13.1. The van der Waals surface area contributed by atoms with E-state index in [2.05, 4.69) is 30.5 Å². The number of hydrogen-bond donors (Lipinski definition) is 0. The molecular formula is C22H23FN2OS. The summed E-state index contributed by atoms with van der Waals surface area (Å²) in [4.78, 5) is 5.77. The first kappa shape index (κ1) is 18.1. The molecule has 1 saturated heterocycles. The van der Waals surface area contributed by atoms with Gasteiger partial charge in [0, 0.05) is 17.6 Å². The van der Waals surface area contributed by atoms with Crippen LogP contribution in [0.2, 0.25) is 0 Å². The van der Waals surface area contributed by atoms with Crippen molar-refractivity contribution in [1.82, 2.24) is 4.57 Å². The van der Waals surface area contributed by atoms with Crippen LogP contribution in [-0.4, -0.2) is 17.3 Å². The highest BCUT2D eigenvalue weighted by Gasteiger charge is 2.20. The van der Waals surface area contributed by atoms with Crippen LogP contribution >= 0.6 is 11.3 Å². The van der Waals surface area contributed by atoms with E-state index in [1.165, 1.54) is 11.6 Å². The molecule has 2 heterocycles. The molecule has 0 N–H and O–H groups in total. The molecule has 3 nitrogen and oxygen atoms in total. The molecule has 3 aromatic rings. The lowest BCUT2D eigenvalue weighted by Crippen LogP contribution is -2.24. The maximum absolute atomic E-state index is 14.4. The fraction of sp³-hybridized carbons (Fsp3) is 0.318. The normalized spacial score (nSPS) is 17.6. The second kappa shape index (κ2) is 7.79. The molecule has 1 atom stereocenters. The molecule has 2 aromatic carbocycles. The molecule has 1 aliphatic heterocycles. The molecule has 140 valence electrons. The van der Waals surface area contributed by atoms with Gasteiger partial charge in [-0.2, -0.15) is 0 Å². The topological polar surface area (TPSA) is 26.5 Å². The summed E-state index contributed by atoms with van der Waals surface area (Å²) in [6.45, 7) is 5.64. The number of halogens is 1. The Bertz CT molecular complexity index is 1020. The summed E-state index contributed by atoms with van der Waals surface area (Å²) in [5.41, 5.74) is 4.77. The number of rotatable bonds is 4. The number of thiazole rings is 1. The van der Waals surface area contributed by atoms with Crippen molar-refractivity contribution in [3.8, 4) is 11.3 Å². The molecule has 5 heteroatoms. The standard InChI is InChI=1S/C22H23FN2OS/c1-15-9-10-20(16(2)12-15)24-22-25(13-17-6-5-11-26-17)21(14-27-22)18-7-3-4-8-19(18)23/h3-4,7-10,12,14,17H,5-6,11,13H2,1-2H3. The maximum atomic E-state index is 14.4. The van der Waals surface area contributed by atoms with E-state index in [0.29, 0.717) is 12.1 Å². The average Bonchev–Trinajstić information content (AvgIpc) is 3.29. The minimum absolute atomic E-state index is 0.156. The van der Waals surface area contributed by atoms with Gasteiger partial charge in [-0.3, -0.25) is 0 Å². The van der Waals surface area contributed by atoms with Gasteiger partial charge in [0.25, 0.3) is 0 Å². The minimum atomic E-state index is -0.213. The summed E-state index contributed by atoms with van der Waals surface area (Å²) in [5, 5.41) is 2.00. The Labute approximate surface area is 162 Å². The zero-order valence-electron chi connectivity index (χ0n) is 15.6. The third-order valence-electron chi connectivity index (χ3n) is 4.93. The molecule has 27 heavy (non-hydrogen) atoms. The van der Waals surface area contributed by atoms with E-state index in [4.69, 9.17) is 9.73 Å². The van der Waals surface area contributed by atoms with Crippen LogP contribution < -0.4 is 4.80 Å². The zero-order chi connectivity index (χ0) is 18.8. The van der Waals surface area contributed by atoms with Crippen LogP contribution in [0.15, 0.2) is 52.8 Å². The van der Waals surface area contributed by atoms with Crippen molar-refractivity contribution in [2.24, 2.45) is 4.99 Å². The van der Waals surface area contributed by atoms with E-state index >= 15 is 0 Å². The van der Waals surface area contributed by atoms with E-state index in [9.17, 15) is 4.39 Å². The third-order valence-corrected chi connectivity index (χ3v) is 5.79. The lowest BCUT2D eigenvalue weighted by Gasteiger charge is -2.14. The molecule has 0 saturated carbocycles. The van der Waals surface area contributed by atoms with Crippen LogP contribution in [0.1, 0.15) is 24.0 Å². The molecule has 0 amide bonds. The Morgan fingerprint density at radius 2 is 2.07 bits per heavy atom. The Hall–Kier alpha value is -2.24. The molecule has 4 rings (SSSR count). The average molecular weight is 383 g/mol. The minimum Gasteiger partial charge on any atom is -0.376 e. The summed E-state index contributed by atoms with van der Waals surface area (Å²) in [6, 6.07) is 13.2. The number of nitrogens with zero attached hydrogens (tertiary/aromatic N) is 2. The van der Waals surface area contributed by atoms with Crippen molar-refractivity contribution in [3.05, 3.63) is 69.6 Å². The number of aromatic nitrogens is 1. The smallest absolute Gasteiger partial charge is 0.190 e. The van der Waals surface area contributed by atoms with Crippen molar-refractivity contribution in [3.63, 3.8) is 0 Å². The SMILES string of the molecule is Cc1ccc(N=c2scc(-c3ccccc3F)n2CC2CCCO2)c(C)c1. The van der Waals surface area contributed by atoms with Gasteiger partial charge < -0.3 is 9.30 Å². The monoisotopic (exact) mass is 382 g/mol. The Balaban J connectivity index is 1.84. The van der Waals surface area contributed by atoms with E-state index in [1.807, 2.05) is 23.6 Å². The fourth-order valence-electron chi connectivity index (χ4n) is 3.51. The quantitative estimate of drug-likeness (QED) is 0.595. The Morgan fingerprint density at radius 3 is 2.81 bits per heavy atom. The van der Waals surface area contributed by atoms with Gasteiger partial charge in [0.2, 0.25) is 0 Å². The molecule has 0 spiro atoms. The van der Waals surface area contributed by atoms with Gasteiger partial charge in [0.05, 0.1) is 24.0 Å². The summed E-state index contributed by atoms with van der Waals surface area (Å²) in [6.07, 6.45) is 2.26. The van der Waals surface area contributed by atoms with E-state index in [0.717, 1.165) is 41.2 Å². The highest BCUT2D eigenvalue weighted by Crippen LogP contribution is 2.26. The van der Waals surface area contributed by atoms with Crippen LogP contribution in [0.5, 0.6) is 0 Å². The molecule has 0 bridgehead atoms. The van der Waals surface area contributed by atoms with Crippen LogP contribution in [0.3, 0.4) is 0 Å². The highest BCUT2D eigenvalue weighted by atomic mass is 32.1. The lowest BCUT2D eigenvalue weighted by molar-refractivity contribution is 0.0967. The zero-order valence-corrected chi connectivity index (χ0v) is 16.4. The van der Waals surface area contributed by atoms with Crippen molar-refractivity contribution < 1.29 is 9.13 Å². The van der Waals surface area contributed by atoms with Crippen LogP contribution in [0.4, 0.5) is 10.1 Å². The van der Waals surface area contributed by atoms with Crippen molar-refractivity contribution >= 4 is 17.0 Å². The van der Waals surface area contributed by atoms with E-state index in [-0.39, 0.29) is 11.9 Å². The number of ether oxygens (including phenoxy) is 1. The van der Waals surface area contributed by atoms with Gasteiger partial charge in [-0.05, 0) is 50.5 Å². The first-order valence-electron chi connectivity index (χ1n) is 9.28. The molecule has 0 aliphatic carbocycles. The van der Waals surface area contributed by atoms with Gasteiger partial charge in [-0.25, -0.2) is 9.38 Å². The van der Waals surface area contributed by atoms with Gasteiger partial charge in [0.1, 0.15) is 5.82 Å². The van der Waals surface area contributed by atoms with Gasteiger partial charge >= 0.3 is 0 Å². The maximum Gasteiger partial charge on any atom is 0.190 e. The molecule has 1 aliphatic rings. The van der Waals surface area contributed by atoms with Gasteiger partial charge in [0.15, 0.2) is 4.80 Å². The van der Waals surface area contributed by atoms with Crippen molar-refractivity contribution in [2.75, 3.05) is 6.61 Å². The van der Waals surface area contributed by atoms with Crippen LogP contribution in [-0.2, 0) is 11.3 Å². The fourth-order valence-corrected chi connectivity index (χ4v) is 4.43. The van der Waals surface area contributed by atoms with E-state index < -0.39 is 0 Å². The van der Waals surface area contributed by atoms with Crippen molar-refractivity contribution in [2.45, 2.75) is 39.3 Å². The van der Waals surface area contributed by atoms with Crippen molar-refractivity contribution in [1.29, 1.82) is 0 Å². The number of hydrogen-bond acceptors (Lipinski definition) is 3. The third kappa shape index (κ3) is 3.89. The molecule has 1 aromatic heterocycles. The summed E-state index contributed by atoms with van der Waals surface area (Å²) in [5.74, 6) is -0.213. The molecule has 0 radical (unpaired) electrons. The number of benzene rings is 2. The second-order valence-corrected chi connectivity index (χ2v) is 7.87. The Morgan fingerprint density at radius 1 is 1.22 bits per heavy atom. The number of aryl methyl sites for hydroxylation is 2. The lowest BCUT2D eigenvalue weighted by atomic mass is 10.1. The Kier molecular flexibility index (Phi) is 5.23. The molecule has 1 fully saturated rings. The molecular weight excluding hydrogens is 359 g/mol. The predicted molar refractivity (Wildman–Crippen MR) is 108 cm³/mol.